The molecule has 0 bridgehead atoms. The van der Waals surface area contributed by atoms with Gasteiger partial charge >= 0.3 is 0 Å². The standard InChI is InChI=1S/C14H20Cl2/c1-11(2)6-5-7-12(10-15)13-8-3-4-9-14(13)16/h3-4,8-9,11-12H,5-7,10H2,1-2H3. The van der Waals surface area contributed by atoms with E-state index in [-0.39, 0.29) is 0 Å². The third kappa shape index (κ3) is 4.35. The Labute approximate surface area is 109 Å². The summed E-state index contributed by atoms with van der Waals surface area (Å²) in [6.45, 7) is 4.51. The number of hydrogen-bond acceptors (Lipinski definition) is 0. The molecule has 0 N–H and O–H groups in total. The second-order valence-electron chi connectivity index (χ2n) is 4.70. The SMILES string of the molecule is CC(C)CCCC(CCl)c1ccccc1Cl. The van der Waals surface area contributed by atoms with E-state index in [9.17, 15) is 0 Å². The number of hydrogen-bond donors (Lipinski definition) is 0. The lowest BCUT2D eigenvalue weighted by Gasteiger charge is -2.16. The zero-order chi connectivity index (χ0) is 12.0. The highest BCUT2D eigenvalue weighted by molar-refractivity contribution is 6.31. The van der Waals surface area contributed by atoms with E-state index < -0.39 is 0 Å². The van der Waals surface area contributed by atoms with E-state index in [1.165, 1.54) is 18.4 Å². The highest BCUT2D eigenvalue weighted by atomic mass is 35.5. The second kappa shape index (κ2) is 7.19. The van der Waals surface area contributed by atoms with Gasteiger partial charge in [-0.1, -0.05) is 56.5 Å². The fourth-order valence-electron chi connectivity index (χ4n) is 1.89. The van der Waals surface area contributed by atoms with Crippen LogP contribution < -0.4 is 0 Å². The predicted molar refractivity (Wildman–Crippen MR) is 73.6 cm³/mol. The maximum atomic E-state index is 6.18. The molecule has 0 aromatic heterocycles. The topological polar surface area (TPSA) is 0 Å². The van der Waals surface area contributed by atoms with Crippen molar-refractivity contribution in [2.75, 3.05) is 5.88 Å². The number of alkyl halides is 1. The highest BCUT2D eigenvalue weighted by Gasteiger charge is 2.13. The summed E-state index contributed by atoms with van der Waals surface area (Å²) in [5.41, 5.74) is 1.20. The lowest BCUT2D eigenvalue weighted by atomic mass is 9.93. The van der Waals surface area contributed by atoms with Gasteiger partial charge < -0.3 is 0 Å². The normalized spacial score (nSPS) is 13.1. The third-order valence-corrected chi connectivity index (χ3v) is 3.58. The van der Waals surface area contributed by atoms with E-state index in [1.807, 2.05) is 18.2 Å². The molecule has 0 spiro atoms. The first-order valence-corrected chi connectivity index (χ1v) is 6.86. The molecule has 0 nitrogen and oxygen atoms in total. The maximum Gasteiger partial charge on any atom is 0.0441 e. The van der Waals surface area contributed by atoms with Crippen molar-refractivity contribution in [3.8, 4) is 0 Å². The molecule has 16 heavy (non-hydrogen) atoms. The molecule has 1 aromatic rings. The molecule has 0 saturated carbocycles. The average molecular weight is 259 g/mol. The largest absolute Gasteiger partial charge is 0.126 e. The van der Waals surface area contributed by atoms with Gasteiger partial charge in [-0.15, -0.1) is 11.6 Å². The molecular formula is C14H20Cl2. The van der Waals surface area contributed by atoms with Crippen molar-refractivity contribution in [1.29, 1.82) is 0 Å². The van der Waals surface area contributed by atoms with Gasteiger partial charge in [0.15, 0.2) is 0 Å². The Morgan fingerprint density at radius 3 is 2.38 bits per heavy atom. The summed E-state index contributed by atoms with van der Waals surface area (Å²) >= 11 is 12.2. The summed E-state index contributed by atoms with van der Waals surface area (Å²) in [7, 11) is 0. The molecule has 0 heterocycles. The van der Waals surface area contributed by atoms with E-state index in [0.29, 0.717) is 11.8 Å². The molecule has 0 saturated heterocycles. The van der Waals surface area contributed by atoms with E-state index in [0.717, 1.165) is 17.4 Å². The first kappa shape index (κ1) is 13.9. The van der Waals surface area contributed by atoms with Gasteiger partial charge in [0.2, 0.25) is 0 Å². The van der Waals surface area contributed by atoms with E-state index in [1.54, 1.807) is 0 Å². The van der Waals surface area contributed by atoms with Crippen molar-refractivity contribution < 1.29 is 0 Å². The summed E-state index contributed by atoms with van der Waals surface area (Å²) in [5.74, 6) is 1.82. The lowest BCUT2D eigenvalue weighted by Crippen LogP contribution is -2.02. The molecule has 2 heteroatoms. The molecule has 0 aliphatic rings. The summed E-state index contributed by atoms with van der Waals surface area (Å²) in [4.78, 5) is 0. The van der Waals surface area contributed by atoms with Crippen LogP contribution in [0.2, 0.25) is 5.02 Å². The molecule has 0 aliphatic heterocycles. The second-order valence-corrected chi connectivity index (χ2v) is 5.41. The lowest BCUT2D eigenvalue weighted by molar-refractivity contribution is 0.514. The smallest absolute Gasteiger partial charge is 0.0441 e. The molecule has 0 radical (unpaired) electrons. The van der Waals surface area contributed by atoms with Gasteiger partial charge in [0, 0.05) is 10.9 Å². The molecular weight excluding hydrogens is 239 g/mol. The quantitative estimate of drug-likeness (QED) is 0.592. The monoisotopic (exact) mass is 258 g/mol. The van der Waals surface area contributed by atoms with Gasteiger partial charge in [0.05, 0.1) is 0 Å². The minimum absolute atomic E-state index is 0.397. The van der Waals surface area contributed by atoms with Crippen molar-refractivity contribution in [2.45, 2.75) is 39.0 Å². The van der Waals surface area contributed by atoms with Gasteiger partial charge in [0.1, 0.15) is 0 Å². The molecule has 1 rings (SSSR count). The van der Waals surface area contributed by atoms with Crippen LogP contribution in [0.15, 0.2) is 24.3 Å². The van der Waals surface area contributed by atoms with Gasteiger partial charge in [0.25, 0.3) is 0 Å². The average Bonchev–Trinajstić information content (AvgIpc) is 2.25. The van der Waals surface area contributed by atoms with Crippen LogP contribution in [-0.4, -0.2) is 5.88 Å². The van der Waals surface area contributed by atoms with Gasteiger partial charge in [-0.25, -0.2) is 0 Å². The van der Waals surface area contributed by atoms with Gasteiger partial charge in [-0.3, -0.25) is 0 Å². The molecule has 0 amide bonds. The van der Waals surface area contributed by atoms with Crippen LogP contribution in [0.4, 0.5) is 0 Å². The van der Waals surface area contributed by atoms with Crippen molar-refractivity contribution >= 4 is 23.2 Å². The molecule has 1 aromatic carbocycles. The highest BCUT2D eigenvalue weighted by Crippen LogP contribution is 2.29. The first-order chi connectivity index (χ1) is 7.65. The summed E-state index contributed by atoms with van der Waals surface area (Å²) in [6, 6.07) is 8.03. The van der Waals surface area contributed by atoms with Crippen LogP contribution in [0.3, 0.4) is 0 Å². The number of benzene rings is 1. The minimum atomic E-state index is 0.397. The summed E-state index contributed by atoms with van der Waals surface area (Å²) in [5, 5.41) is 0.845. The molecule has 90 valence electrons. The molecule has 1 unspecified atom stereocenters. The molecule has 0 fully saturated rings. The van der Waals surface area contributed by atoms with Crippen LogP contribution in [-0.2, 0) is 0 Å². The molecule has 0 aliphatic carbocycles. The Morgan fingerprint density at radius 2 is 1.81 bits per heavy atom. The van der Waals surface area contributed by atoms with E-state index in [2.05, 4.69) is 19.9 Å². The van der Waals surface area contributed by atoms with Crippen LogP contribution in [0.25, 0.3) is 0 Å². The molecule has 1 atom stereocenters. The minimum Gasteiger partial charge on any atom is -0.126 e. The number of rotatable bonds is 6. The summed E-state index contributed by atoms with van der Waals surface area (Å²) < 4.78 is 0. The van der Waals surface area contributed by atoms with Crippen LogP contribution in [0, 0.1) is 5.92 Å². The summed E-state index contributed by atoms with van der Waals surface area (Å²) in [6.07, 6.45) is 3.61. The van der Waals surface area contributed by atoms with Crippen molar-refractivity contribution in [3.05, 3.63) is 34.9 Å². The fourth-order valence-corrected chi connectivity index (χ4v) is 2.51. The van der Waals surface area contributed by atoms with Crippen LogP contribution >= 0.6 is 23.2 Å². The predicted octanol–water partition coefficient (Wildman–Crippen LogP) is 5.49. The first-order valence-electron chi connectivity index (χ1n) is 5.95. The van der Waals surface area contributed by atoms with Crippen LogP contribution in [0.5, 0.6) is 0 Å². The van der Waals surface area contributed by atoms with Crippen molar-refractivity contribution in [1.82, 2.24) is 0 Å². The third-order valence-electron chi connectivity index (χ3n) is 2.87. The zero-order valence-electron chi connectivity index (χ0n) is 10.0. The van der Waals surface area contributed by atoms with Gasteiger partial charge in [-0.2, -0.15) is 0 Å². The Hall–Kier alpha value is -0.200. The van der Waals surface area contributed by atoms with Crippen molar-refractivity contribution in [2.24, 2.45) is 5.92 Å². The van der Waals surface area contributed by atoms with Gasteiger partial charge in [-0.05, 0) is 29.9 Å². The van der Waals surface area contributed by atoms with Crippen LogP contribution in [0.1, 0.15) is 44.6 Å². The Bertz CT molecular complexity index is 307. The fraction of sp³-hybridized carbons (Fsp3) is 0.571. The maximum absolute atomic E-state index is 6.18. The zero-order valence-corrected chi connectivity index (χ0v) is 11.6. The Balaban J connectivity index is 2.57. The van der Waals surface area contributed by atoms with E-state index in [4.69, 9.17) is 23.2 Å². The Kier molecular flexibility index (Phi) is 6.23. The van der Waals surface area contributed by atoms with Crippen molar-refractivity contribution in [3.63, 3.8) is 0 Å². The Morgan fingerprint density at radius 1 is 1.12 bits per heavy atom. The number of halogens is 2. The van der Waals surface area contributed by atoms with E-state index >= 15 is 0 Å².